The molecule has 2 aliphatic heterocycles. The second kappa shape index (κ2) is 10.1. The molecule has 0 aromatic carbocycles. The number of carbonyl (C=O) groups excluding carboxylic acids is 1. The standard InChI is InChI=1S/C19H22N2O4.C2HF3O2/c1-13-6-9-24-17(13)19(22)21-11-16(18-15(21)5-3-8-23-18)25-12-14-4-2-7-20-10-14;3-2(4,5)1(6)7/h2,4,6-7,9-10,15-16,18H,3,5,8,11-12H2,1H3;(H,6,7)/t15-,16-,18+;/m1./s1. The third kappa shape index (κ3) is 5.65. The van der Waals surface area contributed by atoms with Gasteiger partial charge in [0.2, 0.25) is 0 Å². The minimum absolute atomic E-state index is 0.0460. The Hall–Kier alpha value is -2.92. The molecule has 3 atom stereocenters. The van der Waals surface area contributed by atoms with Gasteiger partial charge in [-0.3, -0.25) is 9.78 Å². The number of carboxylic acid groups (broad SMARTS) is 1. The van der Waals surface area contributed by atoms with Gasteiger partial charge in [-0.25, -0.2) is 4.79 Å². The Labute approximate surface area is 181 Å². The lowest BCUT2D eigenvalue weighted by molar-refractivity contribution is -0.192. The molecular weight excluding hydrogens is 433 g/mol. The molecule has 0 bridgehead atoms. The molecular formula is C21H23F3N2O6. The van der Waals surface area contributed by atoms with Gasteiger partial charge in [0.1, 0.15) is 12.2 Å². The van der Waals surface area contributed by atoms with E-state index in [0.29, 0.717) is 18.9 Å². The number of aromatic nitrogens is 1. The lowest BCUT2D eigenvalue weighted by atomic mass is 10.0. The summed E-state index contributed by atoms with van der Waals surface area (Å²) in [6.07, 6.45) is 1.69. The van der Waals surface area contributed by atoms with Crippen LogP contribution >= 0.6 is 0 Å². The van der Waals surface area contributed by atoms with E-state index in [1.54, 1.807) is 18.7 Å². The van der Waals surface area contributed by atoms with Crippen molar-refractivity contribution >= 4 is 11.9 Å². The fraction of sp³-hybridized carbons (Fsp3) is 0.476. The number of alkyl halides is 3. The molecule has 0 radical (unpaired) electrons. The van der Waals surface area contributed by atoms with Crippen LogP contribution in [-0.4, -0.2) is 64.4 Å². The molecule has 2 fully saturated rings. The van der Waals surface area contributed by atoms with E-state index in [0.717, 1.165) is 30.6 Å². The summed E-state index contributed by atoms with van der Waals surface area (Å²) >= 11 is 0. The van der Waals surface area contributed by atoms with Gasteiger partial charge >= 0.3 is 12.1 Å². The molecule has 2 aromatic rings. The molecule has 0 saturated carbocycles. The van der Waals surface area contributed by atoms with Crippen molar-refractivity contribution < 1.29 is 41.8 Å². The smallest absolute Gasteiger partial charge is 0.475 e. The van der Waals surface area contributed by atoms with Crippen molar-refractivity contribution in [3.8, 4) is 0 Å². The Balaban J connectivity index is 0.000000360. The number of carboxylic acids is 1. The highest BCUT2D eigenvalue weighted by molar-refractivity contribution is 5.93. The summed E-state index contributed by atoms with van der Waals surface area (Å²) in [5.41, 5.74) is 1.87. The summed E-state index contributed by atoms with van der Waals surface area (Å²) < 4.78 is 49.2. The molecule has 8 nitrogen and oxygen atoms in total. The Morgan fingerprint density at radius 2 is 2.09 bits per heavy atom. The summed E-state index contributed by atoms with van der Waals surface area (Å²) in [5, 5.41) is 7.12. The molecule has 2 aliphatic rings. The van der Waals surface area contributed by atoms with Gasteiger partial charge < -0.3 is 23.9 Å². The second-order valence-corrected chi connectivity index (χ2v) is 7.45. The van der Waals surface area contributed by atoms with Crippen LogP contribution in [0, 0.1) is 6.92 Å². The highest BCUT2D eigenvalue weighted by atomic mass is 19.4. The van der Waals surface area contributed by atoms with E-state index < -0.39 is 12.1 Å². The molecule has 0 spiro atoms. The number of aliphatic carboxylic acids is 1. The molecule has 11 heteroatoms. The van der Waals surface area contributed by atoms with Crippen molar-refractivity contribution in [1.82, 2.24) is 9.88 Å². The lowest BCUT2D eigenvalue weighted by Gasteiger charge is -2.31. The van der Waals surface area contributed by atoms with Gasteiger partial charge in [0.15, 0.2) is 5.76 Å². The Morgan fingerprint density at radius 3 is 2.69 bits per heavy atom. The van der Waals surface area contributed by atoms with Gasteiger partial charge in [0, 0.05) is 24.6 Å². The highest BCUT2D eigenvalue weighted by Crippen LogP contribution is 2.32. The molecule has 2 aromatic heterocycles. The average Bonchev–Trinajstić information content (AvgIpc) is 3.36. The zero-order valence-electron chi connectivity index (χ0n) is 17.2. The van der Waals surface area contributed by atoms with Crippen LogP contribution in [0.5, 0.6) is 0 Å². The largest absolute Gasteiger partial charge is 0.490 e. The first kappa shape index (κ1) is 23.7. The fourth-order valence-electron chi connectivity index (χ4n) is 3.70. The molecule has 1 N–H and O–H groups in total. The SMILES string of the molecule is Cc1ccoc1C(=O)N1C[C@@H](OCc2cccnc2)[C@H]2OCCC[C@H]21.O=C(O)C(F)(F)F. The fourth-order valence-corrected chi connectivity index (χ4v) is 3.70. The monoisotopic (exact) mass is 456 g/mol. The summed E-state index contributed by atoms with van der Waals surface area (Å²) in [4.78, 5) is 27.8. The maximum Gasteiger partial charge on any atom is 0.490 e. The number of hydrogen-bond donors (Lipinski definition) is 1. The van der Waals surface area contributed by atoms with Crippen LogP contribution in [0.3, 0.4) is 0 Å². The molecule has 2 saturated heterocycles. The Bertz CT molecular complexity index is 918. The maximum atomic E-state index is 12.9. The van der Waals surface area contributed by atoms with Crippen LogP contribution < -0.4 is 0 Å². The number of hydrogen-bond acceptors (Lipinski definition) is 6. The topological polar surface area (TPSA) is 102 Å². The van der Waals surface area contributed by atoms with Gasteiger partial charge in [0.25, 0.3) is 5.91 Å². The Kier molecular flexibility index (Phi) is 7.52. The number of ether oxygens (including phenoxy) is 2. The van der Waals surface area contributed by atoms with Gasteiger partial charge in [-0.15, -0.1) is 0 Å². The molecule has 32 heavy (non-hydrogen) atoms. The van der Waals surface area contributed by atoms with Crippen LogP contribution in [-0.2, 0) is 20.9 Å². The average molecular weight is 456 g/mol. The lowest BCUT2D eigenvalue weighted by Crippen LogP contribution is -2.43. The van der Waals surface area contributed by atoms with Crippen molar-refractivity contribution in [3.63, 3.8) is 0 Å². The quantitative estimate of drug-likeness (QED) is 0.754. The Morgan fingerprint density at radius 1 is 1.34 bits per heavy atom. The number of likely N-dealkylation sites (tertiary alicyclic amines) is 1. The van der Waals surface area contributed by atoms with Crippen molar-refractivity contribution in [2.24, 2.45) is 0 Å². The number of halogens is 3. The molecule has 1 amide bonds. The number of fused-ring (bicyclic) bond motifs is 1. The number of amides is 1. The van der Waals surface area contributed by atoms with E-state index in [9.17, 15) is 18.0 Å². The van der Waals surface area contributed by atoms with Gasteiger partial charge in [-0.1, -0.05) is 6.07 Å². The normalized spacial score (nSPS) is 22.6. The first-order valence-corrected chi connectivity index (χ1v) is 9.95. The molecule has 4 heterocycles. The number of pyridine rings is 1. The van der Waals surface area contributed by atoms with Crippen LogP contribution in [0.4, 0.5) is 13.2 Å². The minimum Gasteiger partial charge on any atom is -0.475 e. The van der Waals surface area contributed by atoms with Gasteiger partial charge in [-0.05, 0) is 37.5 Å². The molecule has 0 unspecified atom stereocenters. The number of nitrogens with zero attached hydrogens (tertiary/aromatic N) is 2. The van der Waals surface area contributed by atoms with Crippen LogP contribution in [0.2, 0.25) is 0 Å². The van der Waals surface area contributed by atoms with Crippen LogP contribution in [0.1, 0.15) is 34.5 Å². The third-order valence-corrected chi connectivity index (χ3v) is 5.22. The number of furan rings is 1. The van der Waals surface area contributed by atoms with Crippen molar-refractivity contribution in [1.29, 1.82) is 0 Å². The first-order chi connectivity index (χ1) is 15.2. The van der Waals surface area contributed by atoms with Crippen molar-refractivity contribution in [2.75, 3.05) is 13.2 Å². The van der Waals surface area contributed by atoms with Crippen molar-refractivity contribution in [2.45, 2.75) is 50.8 Å². The van der Waals surface area contributed by atoms with E-state index in [2.05, 4.69) is 4.98 Å². The summed E-state index contributed by atoms with van der Waals surface area (Å²) in [6.45, 7) is 3.59. The summed E-state index contributed by atoms with van der Waals surface area (Å²) in [7, 11) is 0. The van der Waals surface area contributed by atoms with E-state index in [-0.39, 0.29) is 24.2 Å². The number of carbonyl (C=O) groups is 2. The summed E-state index contributed by atoms with van der Waals surface area (Å²) in [5.74, 6) is -2.42. The minimum atomic E-state index is -5.08. The zero-order chi connectivity index (χ0) is 23.3. The van der Waals surface area contributed by atoms with E-state index >= 15 is 0 Å². The van der Waals surface area contributed by atoms with Crippen LogP contribution in [0.15, 0.2) is 41.3 Å². The first-order valence-electron chi connectivity index (χ1n) is 9.95. The predicted molar refractivity (Wildman–Crippen MR) is 104 cm³/mol. The van der Waals surface area contributed by atoms with Crippen LogP contribution in [0.25, 0.3) is 0 Å². The molecule has 4 rings (SSSR count). The predicted octanol–water partition coefficient (Wildman–Crippen LogP) is 3.21. The molecule has 174 valence electrons. The summed E-state index contributed by atoms with van der Waals surface area (Å²) in [6, 6.07) is 5.73. The second-order valence-electron chi connectivity index (χ2n) is 7.45. The van der Waals surface area contributed by atoms with E-state index in [1.165, 1.54) is 0 Å². The number of rotatable bonds is 4. The number of aryl methyl sites for hydroxylation is 1. The van der Waals surface area contributed by atoms with Crippen molar-refractivity contribution in [3.05, 3.63) is 53.7 Å². The molecule has 0 aliphatic carbocycles. The van der Waals surface area contributed by atoms with E-state index in [1.807, 2.05) is 30.0 Å². The van der Waals surface area contributed by atoms with E-state index in [4.69, 9.17) is 23.8 Å². The van der Waals surface area contributed by atoms with Gasteiger partial charge in [-0.2, -0.15) is 13.2 Å². The maximum absolute atomic E-state index is 12.9. The highest BCUT2D eigenvalue weighted by Gasteiger charge is 2.47. The zero-order valence-corrected chi connectivity index (χ0v) is 17.2. The van der Waals surface area contributed by atoms with Gasteiger partial charge in [0.05, 0.1) is 25.5 Å². The third-order valence-electron chi connectivity index (χ3n) is 5.22.